The molecule has 0 radical (unpaired) electrons. The topological polar surface area (TPSA) is 38.0 Å². The lowest BCUT2D eigenvalue weighted by molar-refractivity contribution is 0.289. The summed E-state index contributed by atoms with van der Waals surface area (Å²) in [6, 6.07) is 0.814. The van der Waals surface area contributed by atoms with E-state index in [1.807, 2.05) is 0 Å². The Bertz CT molecular complexity index is 145. The number of hydrogen-bond acceptors (Lipinski definition) is 2. The lowest BCUT2D eigenvalue weighted by Gasteiger charge is -2.25. The monoisotopic (exact) mass is 184 g/mol. The summed E-state index contributed by atoms with van der Waals surface area (Å²) in [5.41, 5.74) is 6.16. The van der Waals surface area contributed by atoms with Crippen molar-refractivity contribution in [3.63, 3.8) is 0 Å². The fourth-order valence-electron chi connectivity index (χ4n) is 1.73. The molecule has 0 saturated heterocycles. The van der Waals surface area contributed by atoms with E-state index in [2.05, 4.69) is 26.1 Å². The van der Waals surface area contributed by atoms with Crippen LogP contribution in [0.1, 0.15) is 40.0 Å². The Labute approximate surface area is 82.3 Å². The molecule has 78 valence electrons. The van der Waals surface area contributed by atoms with E-state index in [1.54, 1.807) is 0 Å². The predicted octanol–water partition coefficient (Wildman–Crippen LogP) is 1.75. The summed E-state index contributed by atoms with van der Waals surface area (Å²) in [6.45, 7) is 8.78. The Balaban J connectivity index is 2.16. The number of nitrogens with two attached hydrogens (primary N) is 1. The van der Waals surface area contributed by atoms with Gasteiger partial charge in [0.15, 0.2) is 0 Å². The van der Waals surface area contributed by atoms with Gasteiger partial charge in [0, 0.05) is 6.04 Å². The van der Waals surface area contributed by atoms with Crippen LogP contribution in [0.5, 0.6) is 0 Å². The first-order valence-corrected chi connectivity index (χ1v) is 5.45. The van der Waals surface area contributed by atoms with Crippen molar-refractivity contribution in [1.29, 1.82) is 0 Å². The van der Waals surface area contributed by atoms with Gasteiger partial charge in [-0.25, -0.2) is 0 Å². The van der Waals surface area contributed by atoms with Crippen LogP contribution < -0.4 is 11.1 Å². The molecule has 2 nitrogen and oxygen atoms in total. The van der Waals surface area contributed by atoms with Crippen molar-refractivity contribution in [3.8, 4) is 0 Å². The first-order chi connectivity index (χ1) is 6.01. The lowest BCUT2D eigenvalue weighted by atomic mass is 9.84. The third-order valence-electron chi connectivity index (χ3n) is 2.51. The molecule has 1 saturated carbocycles. The standard InChI is InChI=1S/C11H24N2/c1-11(2,3)6-9(7-12)8-13-10-4-5-10/h9-10,13H,4-8,12H2,1-3H3. The quantitative estimate of drug-likeness (QED) is 0.683. The molecule has 13 heavy (non-hydrogen) atoms. The van der Waals surface area contributed by atoms with Crippen molar-refractivity contribution in [3.05, 3.63) is 0 Å². The van der Waals surface area contributed by atoms with E-state index in [9.17, 15) is 0 Å². The molecule has 1 fully saturated rings. The zero-order valence-electron chi connectivity index (χ0n) is 9.27. The molecule has 0 aromatic heterocycles. The van der Waals surface area contributed by atoms with Gasteiger partial charge in [0.25, 0.3) is 0 Å². The summed E-state index contributed by atoms with van der Waals surface area (Å²) in [5.74, 6) is 0.653. The highest BCUT2D eigenvalue weighted by molar-refractivity contribution is 4.82. The molecule has 0 heterocycles. The second kappa shape index (κ2) is 4.43. The van der Waals surface area contributed by atoms with Gasteiger partial charge < -0.3 is 11.1 Å². The minimum atomic E-state index is 0.412. The van der Waals surface area contributed by atoms with Crippen molar-refractivity contribution < 1.29 is 0 Å². The van der Waals surface area contributed by atoms with Crippen LogP contribution in [0.4, 0.5) is 0 Å². The molecule has 1 aliphatic rings. The number of hydrogen-bond donors (Lipinski definition) is 2. The summed E-state index contributed by atoms with van der Waals surface area (Å²) in [7, 11) is 0. The van der Waals surface area contributed by atoms with Gasteiger partial charge in [0.05, 0.1) is 0 Å². The highest BCUT2D eigenvalue weighted by atomic mass is 14.9. The van der Waals surface area contributed by atoms with Crippen molar-refractivity contribution >= 4 is 0 Å². The van der Waals surface area contributed by atoms with E-state index in [0.717, 1.165) is 19.1 Å². The third-order valence-corrected chi connectivity index (χ3v) is 2.51. The van der Waals surface area contributed by atoms with Crippen molar-refractivity contribution in [2.24, 2.45) is 17.1 Å². The minimum absolute atomic E-state index is 0.412. The molecule has 0 amide bonds. The zero-order valence-corrected chi connectivity index (χ0v) is 9.27. The predicted molar refractivity (Wildman–Crippen MR) is 57.6 cm³/mol. The Morgan fingerprint density at radius 1 is 1.38 bits per heavy atom. The molecule has 1 rings (SSSR count). The minimum Gasteiger partial charge on any atom is -0.330 e. The molecule has 0 bridgehead atoms. The second-order valence-electron chi connectivity index (χ2n) is 5.55. The lowest BCUT2D eigenvalue weighted by Crippen LogP contribution is -2.32. The van der Waals surface area contributed by atoms with Crippen LogP contribution in [0, 0.1) is 11.3 Å². The van der Waals surface area contributed by atoms with Crippen LogP contribution in [-0.2, 0) is 0 Å². The number of nitrogens with one attached hydrogen (secondary N) is 1. The van der Waals surface area contributed by atoms with Crippen LogP contribution in [0.2, 0.25) is 0 Å². The summed E-state index contributed by atoms with van der Waals surface area (Å²) >= 11 is 0. The first-order valence-electron chi connectivity index (χ1n) is 5.45. The van der Waals surface area contributed by atoms with Gasteiger partial charge in [0.2, 0.25) is 0 Å². The number of rotatable bonds is 5. The van der Waals surface area contributed by atoms with E-state index >= 15 is 0 Å². The normalized spacial score (nSPS) is 20.3. The van der Waals surface area contributed by atoms with Crippen LogP contribution >= 0.6 is 0 Å². The highest BCUT2D eigenvalue weighted by Crippen LogP contribution is 2.25. The van der Waals surface area contributed by atoms with Crippen molar-refractivity contribution in [2.45, 2.75) is 46.1 Å². The molecule has 0 aromatic rings. The highest BCUT2D eigenvalue weighted by Gasteiger charge is 2.23. The van der Waals surface area contributed by atoms with Crippen molar-refractivity contribution in [2.75, 3.05) is 13.1 Å². The van der Waals surface area contributed by atoms with Gasteiger partial charge in [-0.05, 0) is 43.7 Å². The van der Waals surface area contributed by atoms with Crippen molar-refractivity contribution in [1.82, 2.24) is 5.32 Å². The molecule has 0 aliphatic heterocycles. The van der Waals surface area contributed by atoms with Gasteiger partial charge in [0.1, 0.15) is 0 Å². The van der Waals surface area contributed by atoms with Crippen LogP contribution in [0.15, 0.2) is 0 Å². The van der Waals surface area contributed by atoms with Gasteiger partial charge >= 0.3 is 0 Å². The van der Waals surface area contributed by atoms with Gasteiger partial charge in [-0.15, -0.1) is 0 Å². The molecule has 0 spiro atoms. The molecule has 1 atom stereocenters. The molecule has 1 unspecified atom stereocenters. The SMILES string of the molecule is CC(C)(C)CC(CN)CNC1CC1. The van der Waals surface area contributed by atoms with Gasteiger partial charge in [-0.3, -0.25) is 0 Å². The summed E-state index contributed by atoms with van der Waals surface area (Å²) in [5, 5.41) is 3.55. The van der Waals surface area contributed by atoms with E-state index in [4.69, 9.17) is 5.73 Å². The molecule has 3 N–H and O–H groups in total. The summed E-state index contributed by atoms with van der Waals surface area (Å²) < 4.78 is 0. The van der Waals surface area contributed by atoms with Crippen LogP contribution in [-0.4, -0.2) is 19.1 Å². The average Bonchev–Trinajstić information content (AvgIpc) is 2.78. The van der Waals surface area contributed by atoms with Crippen LogP contribution in [0.25, 0.3) is 0 Å². The maximum absolute atomic E-state index is 5.75. The zero-order chi connectivity index (χ0) is 9.90. The fraction of sp³-hybridized carbons (Fsp3) is 1.00. The Morgan fingerprint density at radius 3 is 2.38 bits per heavy atom. The maximum atomic E-state index is 5.75. The van der Waals surface area contributed by atoms with E-state index in [-0.39, 0.29) is 0 Å². The fourth-order valence-corrected chi connectivity index (χ4v) is 1.73. The second-order valence-corrected chi connectivity index (χ2v) is 5.55. The maximum Gasteiger partial charge on any atom is 0.00683 e. The van der Waals surface area contributed by atoms with Gasteiger partial charge in [-0.2, -0.15) is 0 Å². The molecule has 0 aromatic carbocycles. The van der Waals surface area contributed by atoms with Crippen LogP contribution in [0.3, 0.4) is 0 Å². The molecular weight excluding hydrogens is 160 g/mol. The largest absolute Gasteiger partial charge is 0.330 e. The molecule has 2 heteroatoms. The third kappa shape index (κ3) is 5.27. The molecular formula is C11H24N2. The summed E-state index contributed by atoms with van der Waals surface area (Å²) in [4.78, 5) is 0. The Kier molecular flexibility index (Phi) is 3.74. The summed E-state index contributed by atoms with van der Waals surface area (Å²) in [6.07, 6.45) is 3.96. The average molecular weight is 184 g/mol. The van der Waals surface area contributed by atoms with Gasteiger partial charge in [-0.1, -0.05) is 20.8 Å². The Hall–Kier alpha value is -0.0800. The molecule has 1 aliphatic carbocycles. The first kappa shape index (κ1) is 11.0. The Morgan fingerprint density at radius 2 is 2.00 bits per heavy atom. The van der Waals surface area contributed by atoms with E-state index < -0.39 is 0 Å². The van der Waals surface area contributed by atoms with E-state index in [1.165, 1.54) is 19.3 Å². The smallest absolute Gasteiger partial charge is 0.00683 e. The van der Waals surface area contributed by atoms with E-state index in [0.29, 0.717) is 11.3 Å².